The van der Waals surface area contributed by atoms with Gasteiger partial charge < -0.3 is 10.5 Å². The lowest BCUT2D eigenvalue weighted by molar-refractivity contribution is -0.142. The molecule has 21 heavy (non-hydrogen) atoms. The van der Waals surface area contributed by atoms with E-state index < -0.39 is 11.0 Å². The van der Waals surface area contributed by atoms with E-state index in [2.05, 4.69) is 38.1 Å². The second-order valence-electron chi connectivity index (χ2n) is 7.10. The van der Waals surface area contributed by atoms with Crippen molar-refractivity contribution in [3.05, 3.63) is 35.4 Å². The number of carbonyl (C=O) groups excluding carboxylic acids is 1. The van der Waals surface area contributed by atoms with Crippen LogP contribution in [0.4, 0.5) is 0 Å². The summed E-state index contributed by atoms with van der Waals surface area (Å²) in [6.07, 6.45) is 1.33. The van der Waals surface area contributed by atoms with Gasteiger partial charge in [-0.2, -0.15) is 0 Å². The fourth-order valence-electron chi connectivity index (χ4n) is 2.54. The number of benzene rings is 1. The molecule has 0 fully saturated rings. The number of esters is 1. The van der Waals surface area contributed by atoms with Gasteiger partial charge in [-0.25, -0.2) is 0 Å². The van der Waals surface area contributed by atoms with Gasteiger partial charge in [0.2, 0.25) is 0 Å². The summed E-state index contributed by atoms with van der Waals surface area (Å²) in [5, 5.41) is 0. The van der Waals surface area contributed by atoms with Crippen molar-refractivity contribution in [2.75, 3.05) is 7.11 Å². The lowest BCUT2D eigenvalue weighted by Crippen LogP contribution is -2.53. The first-order valence-corrected chi connectivity index (χ1v) is 7.55. The van der Waals surface area contributed by atoms with E-state index >= 15 is 0 Å². The van der Waals surface area contributed by atoms with Crippen molar-refractivity contribution < 1.29 is 9.53 Å². The maximum atomic E-state index is 11.8. The van der Waals surface area contributed by atoms with Crippen LogP contribution in [0.15, 0.2) is 24.3 Å². The Morgan fingerprint density at radius 3 is 2.10 bits per heavy atom. The van der Waals surface area contributed by atoms with E-state index in [-0.39, 0.29) is 12.4 Å². The van der Waals surface area contributed by atoms with E-state index in [1.807, 2.05) is 20.8 Å². The van der Waals surface area contributed by atoms with Crippen molar-refractivity contribution in [1.82, 2.24) is 0 Å². The maximum Gasteiger partial charge on any atom is 0.306 e. The van der Waals surface area contributed by atoms with E-state index in [4.69, 9.17) is 10.5 Å². The fourth-order valence-corrected chi connectivity index (χ4v) is 2.54. The molecule has 1 aromatic rings. The number of carbonyl (C=O) groups is 1. The highest BCUT2D eigenvalue weighted by atomic mass is 16.5. The summed E-state index contributed by atoms with van der Waals surface area (Å²) >= 11 is 0. The summed E-state index contributed by atoms with van der Waals surface area (Å²) in [6.45, 7) is 10.4. The number of rotatable bonds is 6. The number of hydrogen-bond acceptors (Lipinski definition) is 3. The summed E-state index contributed by atoms with van der Waals surface area (Å²) < 4.78 is 4.84. The topological polar surface area (TPSA) is 52.3 Å². The summed E-state index contributed by atoms with van der Waals surface area (Å²) in [6, 6.07) is 8.46. The normalized spacial score (nSPS) is 14.9. The molecule has 3 heteroatoms. The Morgan fingerprint density at radius 2 is 1.71 bits per heavy atom. The first-order valence-electron chi connectivity index (χ1n) is 7.55. The third-order valence-corrected chi connectivity index (χ3v) is 4.38. The highest BCUT2D eigenvalue weighted by Crippen LogP contribution is 2.37. The van der Waals surface area contributed by atoms with E-state index in [1.165, 1.54) is 12.7 Å². The smallest absolute Gasteiger partial charge is 0.306 e. The molecule has 0 heterocycles. The summed E-state index contributed by atoms with van der Waals surface area (Å²) in [4.78, 5) is 11.8. The average Bonchev–Trinajstić information content (AvgIpc) is 2.37. The zero-order chi connectivity index (χ0) is 16.3. The van der Waals surface area contributed by atoms with Gasteiger partial charge in [0.25, 0.3) is 0 Å². The van der Waals surface area contributed by atoms with Crippen LogP contribution in [-0.4, -0.2) is 18.6 Å². The fraction of sp³-hybridized carbons (Fsp3) is 0.611. The Balaban J connectivity index is 3.12. The summed E-state index contributed by atoms with van der Waals surface area (Å²) in [5.74, 6) is 0.394. The first kappa shape index (κ1) is 17.7. The SMILES string of the molecule is COC(=O)CC(C)(c1ccc(CC(C)C)cc1)C(C)(C)N. The molecule has 0 radical (unpaired) electrons. The molecule has 1 atom stereocenters. The monoisotopic (exact) mass is 291 g/mol. The predicted molar refractivity (Wildman–Crippen MR) is 87.2 cm³/mol. The van der Waals surface area contributed by atoms with Crippen molar-refractivity contribution >= 4 is 5.97 Å². The molecule has 0 spiro atoms. The van der Waals surface area contributed by atoms with E-state index in [0.29, 0.717) is 5.92 Å². The average molecular weight is 291 g/mol. The van der Waals surface area contributed by atoms with E-state index in [9.17, 15) is 4.79 Å². The first-order chi connectivity index (χ1) is 9.60. The molecule has 0 aliphatic rings. The molecule has 3 nitrogen and oxygen atoms in total. The van der Waals surface area contributed by atoms with Crippen LogP contribution in [0.2, 0.25) is 0 Å². The van der Waals surface area contributed by atoms with Gasteiger partial charge in [0.05, 0.1) is 13.5 Å². The highest BCUT2D eigenvalue weighted by Gasteiger charge is 2.41. The third-order valence-electron chi connectivity index (χ3n) is 4.38. The van der Waals surface area contributed by atoms with Gasteiger partial charge >= 0.3 is 5.97 Å². The van der Waals surface area contributed by atoms with Crippen LogP contribution in [-0.2, 0) is 21.4 Å². The molecular formula is C18H29NO2. The highest BCUT2D eigenvalue weighted by molar-refractivity contribution is 5.71. The standard InChI is InChI=1S/C18H29NO2/c1-13(2)11-14-7-9-15(10-8-14)18(5,17(3,4)19)12-16(20)21-6/h7-10,13H,11-12,19H2,1-6H3. The van der Waals surface area contributed by atoms with Crippen LogP contribution in [0, 0.1) is 5.92 Å². The zero-order valence-electron chi connectivity index (χ0n) is 14.2. The number of methoxy groups -OCH3 is 1. The second kappa shape index (κ2) is 6.61. The number of hydrogen-bond donors (Lipinski definition) is 1. The zero-order valence-corrected chi connectivity index (χ0v) is 14.2. The van der Waals surface area contributed by atoms with Crippen molar-refractivity contribution in [3.63, 3.8) is 0 Å². The third kappa shape index (κ3) is 4.31. The van der Waals surface area contributed by atoms with Gasteiger partial charge in [-0.1, -0.05) is 45.0 Å². The van der Waals surface area contributed by atoms with Crippen molar-refractivity contribution in [2.24, 2.45) is 11.7 Å². The Hall–Kier alpha value is -1.35. The molecule has 0 amide bonds. The van der Waals surface area contributed by atoms with Crippen LogP contribution in [0.1, 0.15) is 52.2 Å². The predicted octanol–water partition coefficient (Wildman–Crippen LogP) is 3.44. The van der Waals surface area contributed by atoms with Crippen LogP contribution < -0.4 is 5.73 Å². The van der Waals surface area contributed by atoms with Crippen molar-refractivity contribution in [2.45, 2.75) is 58.4 Å². The lowest BCUT2D eigenvalue weighted by atomic mass is 9.66. The van der Waals surface area contributed by atoms with E-state index in [1.54, 1.807) is 0 Å². The van der Waals surface area contributed by atoms with Gasteiger partial charge in [0.15, 0.2) is 0 Å². The second-order valence-corrected chi connectivity index (χ2v) is 7.10. The van der Waals surface area contributed by atoms with Crippen LogP contribution in [0.5, 0.6) is 0 Å². The molecule has 1 aromatic carbocycles. The Labute approximate surface area is 128 Å². The maximum absolute atomic E-state index is 11.8. The van der Waals surface area contributed by atoms with E-state index in [0.717, 1.165) is 12.0 Å². The Morgan fingerprint density at radius 1 is 1.19 bits per heavy atom. The minimum Gasteiger partial charge on any atom is -0.469 e. The Kier molecular flexibility index (Phi) is 5.57. The molecule has 0 bridgehead atoms. The van der Waals surface area contributed by atoms with Crippen molar-refractivity contribution in [1.29, 1.82) is 0 Å². The quantitative estimate of drug-likeness (QED) is 0.817. The van der Waals surface area contributed by atoms with Crippen molar-refractivity contribution in [3.8, 4) is 0 Å². The Bertz CT molecular complexity index is 471. The van der Waals surface area contributed by atoms with Gasteiger partial charge in [-0.05, 0) is 37.3 Å². The van der Waals surface area contributed by atoms with Gasteiger partial charge in [-0.15, -0.1) is 0 Å². The number of nitrogens with two attached hydrogens (primary N) is 1. The summed E-state index contributed by atoms with van der Waals surface area (Å²) in [5.41, 5.74) is 7.76. The molecule has 0 aliphatic carbocycles. The van der Waals surface area contributed by atoms with Gasteiger partial charge in [0.1, 0.15) is 0 Å². The summed E-state index contributed by atoms with van der Waals surface area (Å²) in [7, 11) is 1.41. The molecule has 118 valence electrons. The molecule has 1 unspecified atom stereocenters. The van der Waals surface area contributed by atoms with Crippen LogP contribution in [0.25, 0.3) is 0 Å². The molecule has 0 saturated carbocycles. The molecule has 0 aliphatic heterocycles. The molecule has 0 aromatic heterocycles. The molecule has 1 rings (SSSR count). The minimum atomic E-state index is -0.527. The van der Waals surface area contributed by atoms with Crippen LogP contribution >= 0.6 is 0 Å². The molecule has 2 N–H and O–H groups in total. The van der Waals surface area contributed by atoms with Gasteiger partial charge in [-0.3, -0.25) is 4.79 Å². The van der Waals surface area contributed by atoms with Crippen LogP contribution in [0.3, 0.4) is 0 Å². The molecule has 0 saturated heterocycles. The van der Waals surface area contributed by atoms with Gasteiger partial charge in [0, 0.05) is 11.0 Å². The number of ether oxygens (including phenoxy) is 1. The minimum absolute atomic E-state index is 0.234. The lowest BCUT2D eigenvalue weighted by Gasteiger charge is -2.41. The largest absolute Gasteiger partial charge is 0.469 e. The molecular weight excluding hydrogens is 262 g/mol.